The van der Waals surface area contributed by atoms with Crippen molar-refractivity contribution in [3.8, 4) is 0 Å². The van der Waals surface area contributed by atoms with Crippen molar-refractivity contribution in [1.82, 2.24) is 5.32 Å². The Labute approximate surface area is 129 Å². The van der Waals surface area contributed by atoms with Gasteiger partial charge in [0.15, 0.2) is 0 Å². The minimum atomic E-state index is -4.43. The van der Waals surface area contributed by atoms with Crippen molar-refractivity contribution in [3.63, 3.8) is 0 Å². The molecule has 3 nitrogen and oxygen atoms in total. The number of carbonyl (C=O) groups is 1. The molecule has 0 radical (unpaired) electrons. The van der Waals surface area contributed by atoms with Gasteiger partial charge in [0.25, 0.3) is 0 Å². The third-order valence-electron chi connectivity index (χ3n) is 3.41. The second-order valence-electron chi connectivity index (χ2n) is 4.94. The SMILES string of the molecule is CCNC1CCCN(c2cc(Br)cc(C(F)(F)F)c2)C1=O. The molecule has 116 valence electrons. The number of nitrogens with zero attached hydrogens (tertiary/aromatic N) is 1. The Kier molecular flexibility index (Phi) is 4.93. The molecule has 1 saturated heterocycles. The van der Waals surface area contributed by atoms with E-state index < -0.39 is 11.7 Å². The van der Waals surface area contributed by atoms with Gasteiger partial charge in [-0.25, -0.2) is 0 Å². The Morgan fingerprint density at radius 1 is 1.38 bits per heavy atom. The first kappa shape index (κ1) is 16.3. The lowest BCUT2D eigenvalue weighted by atomic mass is 10.0. The topological polar surface area (TPSA) is 32.3 Å². The molecular weight excluding hydrogens is 349 g/mol. The van der Waals surface area contributed by atoms with Crippen LogP contribution in [0.4, 0.5) is 18.9 Å². The van der Waals surface area contributed by atoms with E-state index in [0.29, 0.717) is 24.0 Å². The van der Waals surface area contributed by atoms with Gasteiger partial charge in [-0.3, -0.25) is 4.79 Å². The molecular formula is C14H16BrF3N2O. The average Bonchev–Trinajstić information content (AvgIpc) is 2.39. The smallest absolute Gasteiger partial charge is 0.311 e. The van der Waals surface area contributed by atoms with E-state index in [2.05, 4.69) is 21.2 Å². The summed E-state index contributed by atoms with van der Waals surface area (Å²) in [5.74, 6) is -0.172. The van der Waals surface area contributed by atoms with Gasteiger partial charge in [-0.2, -0.15) is 13.2 Å². The summed E-state index contributed by atoms with van der Waals surface area (Å²) in [4.78, 5) is 13.8. The number of likely N-dealkylation sites (N-methyl/N-ethyl adjacent to an activating group) is 1. The summed E-state index contributed by atoms with van der Waals surface area (Å²) in [5, 5.41) is 3.07. The monoisotopic (exact) mass is 364 g/mol. The summed E-state index contributed by atoms with van der Waals surface area (Å²) in [6.45, 7) is 2.98. The molecule has 1 aliphatic rings. The zero-order valence-corrected chi connectivity index (χ0v) is 13.1. The van der Waals surface area contributed by atoms with Gasteiger partial charge in [-0.1, -0.05) is 22.9 Å². The van der Waals surface area contributed by atoms with Gasteiger partial charge in [-0.05, 0) is 37.6 Å². The van der Waals surface area contributed by atoms with Crippen LogP contribution in [0.5, 0.6) is 0 Å². The Balaban J connectivity index is 2.32. The van der Waals surface area contributed by atoms with Crippen molar-refractivity contribution in [1.29, 1.82) is 0 Å². The summed E-state index contributed by atoms with van der Waals surface area (Å²) in [6, 6.07) is 3.26. The zero-order chi connectivity index (χ0) is 15.6. The van der Waals surface area contributed by atoms with Crippen molar-refractivity contribution in [2.45, 2.75) is 32.0 Å². The van der Waals surface area contributed by atoms with E-state index in [-0.39, 0.29) is 17.6 Å². The minimum Gasteiger partial charge on any atom is -0.311 e. The Morgan fingerprint density at radius 2 is 2.10 bits per heavy atom. The number of halogens is 4. The van der Waals surface area contributed by atoms with Gasteiger partial charge in [0.1, 0.15) is 0 Å². The third kappa shape index (κ3) is 3.77. The lowest BCUT2D eigenvalue weighted by Crippen LogP contribution is -2.50. The highest BCUT2D eigenvalue weighted by molar-refractivity contribution is 9.10. The molecule has 0 bridgehead atoms. The molecule has 1 atom stereocenters. The summed E-state index contributed by atoms with van der Waals surface area (Å²) in [5.41, 5.74) is -0.477. The van der Waals surface area contributed by atoms with Gasteiger partial charge < -0.3 is 10.2 Å². The van der Waals surface area contributed by atoms with E-state index in [1.54, 1.807) is 6.07 Å². The highest BCUT2D eigenvalue weighted by atomic mass is 79.9. The van der Waals surface area contributed by atoms with Crippen LogP contribution in [-0.2, 0) is 11.0 Å². The van der Waals surface area contributed by atoms with E-state index in [1.165, 1.54) is 4.90 Å². The number of anilines is 1. The predicted molar refractivity (Wildman–Crippen MR) is 78.2 cm³/mol. The second kappa shape index (κ2) is 6.36. The van der Waals surface area contributed by atoms with Crippen LogP contribution in [0.3, 0.4) is 0 Å². The molecule has 1 aliphatic heterocycles. The maximum Gasteiger partial charge on any atom is 0.416 e. The van der Waals surface area contributed by atoms with Crippen LogP contribution in [0, 0.1) is 0 Å². The molecule has 1 amide bonds. The highest BCUT2D eigenvalue weighted by Crippen LogP contribution is 2.35. The first-order valence-corrected chi connectivity index (χ1v) is 7.54. The number of piperidine rings is 1. The van der Waals surface area contributed by atoms with Gasteiger partial charge in [0.05, 0.1) is 11.6 Å². The highest BCUT2D eigenvalue weighted by Gasteiger charge is 2.34. The molecule has 1 heterocycles. The van der Waals surface area contributed by atoms with Crippen LogP contribution in [0.25, 0.3) is 0 Å². The van der Waals surface area contributed by atoms with Crippen molar-refractivity contribution in [3.05, 3.63) is 28.2 Å². The molecule has 21 heavy (non-hydrogen) atoms. The van der Waals surface area contributed by atoms with Crippen LogP contribution in [0.1, 0.15) is 25.3 Å². The number of benzene rings is 1. The summed E-state index contributed by atoms with van der Waals surface area (Å²) >= 11 is 3.08. The van der Waals surface area contributed by atoms with Gasteiger partial charge >= 0.3 is 6.18 Å². The van der Waals surface area contributed by atoms with E-state index in [9.17, 15) is 18.0 Å². The molecule has 0 aromatic heterocycles. The van der Waals surface area contributed by atoms with Gasteiger partial charge in [0.2, 0.25) is 5.91 Å². The molecule has 1 aromatic rings. The Bertz CT molecular complexity index is 531. The largest absolute Gasteiger partial charge is 0.416 e. The normalized spacial score (nSPS) is 20.0. The number of rotatable bonds is 3. The number of hydrogen-bond acceptors (Lipinski definition) is 2. The fourth-order valence-corrected chi connectivity index (χ4v) is 2.94. The van der Waals surface area contributed by atoms with Crippen molar-refractivity contribution in [2.75, 3.05) is 18.0 Å². The molecule has 0 saturated carbocycles. The van der Waals surface area contributed by atoms with E-state index in [1.807, 2.05) is 6.92 Å². The van der Waals surface area contributed by atoms with E-state index in [0.717, 1.165) is 18.6 Å². The first-order chi connectivity index (χ1) is 9.82. The predicted octanol–water partition coefficient (Wildman–Crippen LogP) is 3.57. The number of hydrogen-bond donors (Lipinski definition) is 1. The van der Waals surface area contributed by atoms with Crippen molar-refractivity contribution < 1.29 is 18.0 Å². The van der Waals surface area contributed by atoms with Crippen LogP contribution >= 0.6 is 15.9 Å². The lowest BCUT2D eigenvalue weighted by Gasteiger charge is -2.33. The molecule has 1 N–H and O–H groups in total. The molecule has 1 fully saturated rings. The second-order valence-corrected chi connectivity index (χ2v) is 5.85. The van der Waals surface area contributed by atoms with Gasteiger partial charge in [-0.15, -0.1) is 0 Å². The quantitative estimate of drug-likeness (QED) is 0.888. The van der Waals surface area contributed by atoms with Crippen LogP contribution in [-0.4, -0.2) is 25.0 Å². The molecule has 0 aliphatic carbocycles. The fraction of sp³-hybridized carbons (Fsp3) is 0.500. The number of amides is 1. The maximum atomic E-state index is 12.9. The Hall–Kier alpha value is -1.08. The summed E-state index contributed by atoms with van der Waals surface area (Å²) in [6.07, 6.45) is -2.96. The molecule has 1 aromatic carbocycles. The van der Waals surface area contributed by atoms with Crippen molar-refractivity contribution >= 4 is 27.5 Å². The lowest BCUT2D eigenvalue weighted by molar-refractivity contribution is -0.137. The fourth-order valence-electron chi connectivity index (χ4n) is 2.46. The third-order valence-corrected chi connectivity index (χ3v) is 3.87. The standard InChI is InChI=1S/C14H16BrF3N2O/c1-2-19-12-4-3-5-20(13(12)21)11-7-9(14(16,17)18)6-10(15)8-11/h6-8,12,19H,2-5H2,1H3. The van der Waals surface area contributed by atoms with Crippen LogP contribution in [0.15, 0.2) is 22.7 Å². The molecule has 2 rings (SSSR count). The first-order valence-electron chi connectivity index (χ1n) is 6.75. The molecule has 7 heteroatoms. The minimum absolute atomic E-state index is 0.172. The molecule has 1 unspecified atom stereocenters. The number of nitrogens with one attached hydrogen (secondary N) is 1. The van der Waals surface area contributed by atoms with E-state index in [4.69, 9.17) is 0 Å². The Morgan fingerprint density at radius 3 is 2.71 bits per heavy atom. The zero-order valence-electron chi connectivity index (χ0n) is 11.5. The van der Waals surface area contributed by atoms with Gasteiger partial charge in [0, 0.05) is 16.7 Å². The summed E-state index contributed by atoms with van der Waals surface area (Å²) < 4.78 is 38.9. The molecule has 0 spiro atoms. The van der Waals surface area contributed by atoms with E-state index >= 15 is 0 Å². The maximum absolute atomic E-state index is 12.9. The van der Waals surface area contributed by atoms with Crippen LogP contribution < -0.4 is 10.2 Å². The van der Waals surface area contributed by atoms with Crippen molar-refractivity contribution in [2.24, 2.45) is 0 Å². The average molecular weight is 365 g/mol. The number of alkyl halides is 3. The number of carbonyl (C=O) groups excluding carboxylic acids is 1. The van der Waals surface area contributed by atoms with Crippen LogP contribution in [0.2, 0.25) is 0 Å². The summed E-state index contributed by atoms with van der Waals surface area (Å²) in [7, 11) is 0.